The van der Waals surface area contributed by atoms with Crippen molar-refractivity contribution in [3.8, 4) is 0 Å². The van der Waals surface area contributed by atoms with Crippen LogP contribution in [0.5, 0.6) is 0 Å². The Labute approximate surface area is 123 Å². The molecule has 0 radical (unpaired) electrons. The highest BCUT2D eigenvalue weighted by Crippen LogP contribution is 2.17. The summed E-state index contributed by atoms with van der Waals surface area (Å²) in [6.45, 7) is 16.4. The van der Waals surface area contributed by atoms with Crippen molar-refractivity contribution in [1.29, 1.82) is 0 Å². The van der Waals surface area contributed by atoms with E-state index in [1.54, 1.807) is 6.92 Å². The summed E-state index contributed by atoms with van der Waals surface area (Å²) >= 11 is 0. The number of rotatable bonds is 5. The van der Waals surface area contributed by atoms with Crippen molar-refractivity contribution in [2.45, 2.75) is 48.1 Å². The number of allylic oxidation sites excluding steroid dienone is 3. The second-order valence-electron chi connectivity index (χ2n) is 4.51. The van der Waals surface area contributed by atoms with E-state index in [1.165, 1.54) is 0 Å². The van der Waals surface area contributed by atoms with Gasteiger partial charge >= 0.3 is 0 Å². The fourth-order valence-electron chi connectivity index (χ4n) is 1.79. The number of hydrogen-bond acceptors (Lipinski definition) is 2. The third-order valence-corrected chi connectivity index (χ3v) is 2.98. The van der Waals surface area contributed by atoms with Gasteiger partial charge in [0.2, 0.25) is 0 Å². The van der Waals surface area contributed by atoms with Gasteiger partial charge in [-0.1, -0.05) is 44.7 Å². The molecule has 1 rings (SSSR count). The van der Waals surface area contributed by atoms with Gasteiger partial charge in [0, 0.05) is 23.5 Å². The Kier molecular flexibility index (Phi) is 8.30. The maximum absolute atomic E-state index is 11.4. The van der Waals surface area contributed by atoms with Crippen LogP contribution in [0.3, 0.4) is 0 Å². The standard InChI is InChI=1S/C16H21NO.C2H6/c1-6-13(4)17(12(2)3)11-15-8-7-9-16(10-15)14(5)18;1-2/h6-10H,2,11H2,1,3-5H3;1-2H3/b13-6-;. The molecular formula is C18H27NO. The van der Waals surface area contributed by atoms with E-state index in [0.717, 1.165) is 29.1 Å². The highest BCUT2D eigenvalue weighted by molar-refractivity contribution is 5.94. The summed E-state index contributed by atoms with van der Waals surface area (Å²) in [4.78, 5) is 13.5. The molecule has 2 nitrogen and oxygen atoms in total. The molecule has 0 N–H and O–H groups in total. The zero-order chi connectivity index (χ0) is 15.7. The number of nitrogens with zero attached hydrogens (tertiary/aromatic N) is 1. The van der Waals surface area contributed by atoms with Crippen LogP contribution in [0.25, 0.3) is 0 Å². The van der Waals surface area contributed by atoms with E-state index in [9.17, 15) is 4.79 Å². The van der Waals surface area contributed by atoms with E-state index in [-0.39, 0.29) is 5.78 Å². The van der Waals surface area contributed by atoms with Crippen molar-refractivity contribution in [1.82, 2.24) is 4.90 Å². The predicted octanol–water partition coefficient (Wildman–Crippen LogP) is 5.17. The van der Waals surface area contributed by atoms with E-state index >= 15 is 0 Å². The molecule has 0 aromatic heterocycles. The normalized spacial score (nSPS) is 10.4. The summed E-state index contributed by atoms with van der Waals surface area (Å²) < 4.78 is 0. The van der Waals surface area contributed by atoms with Crippen LogP contribution < -0.4 is 0 Å². The lowest BCUT2D eigenvalue weighted by Crippen LogP contribution is -2.18. The first kappa shape index (κ1) is 18.2. The third-order valence-electron chi connectivity index (χ3n) is 2.98. The first-order chi connectivity index (χ1) is 9.45. The molecule has 1 aromatic rings. The van der Waals surface area contributed by atoms with E-state index in [0.29, 0.717) is 0 Å². The number of hydrogen-bond donors (Lipinski definition) is 0. The fourth-order valence-corrected chi connectivity index (χ4v) is 1.79. The largest absolute Gasteiger partial charge is 0.346 e. The highest BCUT2D eigenvalue weighted by atomic mass is 16.1. The zero-order valence-electron chi connectivity index (χ0n) is 13.7. The Hall–Kier alpha value is -1.83. The monoisotopic (exact) mass is 273 g/mol. The van der Waals surface area contributed by atoms with E-state index < -0.39 is 0 Å². The Morgan fingerprint density at radius 2 is 1.85 bits per heavy atom. The molecule has 0 aliphatic carbocycles. The molecule has 0 aliphatic rings. The summed E-state index contributed by atoms with van der Waals surface area (Å²) in [5.74, 6) is 0.0986. The van der Waals surface area contributed by atoms with Crippen LogP contribution in [-0.4, -0.2) is 10.7 Å². The van der Waals surface area contributed by atoms with Crippen LogP contribution >= 0.6 is 0 Å². The minimum absolute atomic E-state index is 0.0986. The maximum atomic E-state index is 11.4. The van der Waals surface area contributed by atoms with Crippen molar-refractivity contribution in [3.63, 3.8) is 0 Å². The SMILES string of the molecule is C=C(C)N(Cc1cccc(C(C)=O)c1)/C(C)=C\C.CC. The van der Waals surface area contributed by atoms with Crippen molar-refractivity contribution >= 4 is 5.78 Å². The first-order valence-electron chi connectivity index (χ1n) is 7.11. The molecule has 0 amide bonds. The van der Waals surface area contributed by atoms with E-state index in [4.69, 9.17) is 0 Å². The zero-order valence-corrected chi connectivity index (χ0v) is 13.7. The quantitative estimate of drug-likeness (QED) is 0.689. The average Bonchev–Trinajstić information content (AvgIpc) is 2.46. The van der Waals surface area contributed by atoms with Gasteiger partial charge in [0.05, 0.1) is 0 Å². The Bertz CT molecular complexity index is 486. The lowest BCUT2D eigenvalue weighted by Gasteiger charge is -2.25. The summed E-state index contributed by atoms with van der Waals surface area (Å²) in [6, 6.07) is 7.75. The molecule has 1 aromatic carbocycles. The molecule has 20 heavy (non-hydrogen) atoms. The number of ketones is 1. The molecule has 0 spiro atoms. The molecule has 0 unspecified atom stereocenters. The summed E-state index contributed by atoms with van der Waals surface area (Å²) in [5.41, 5.74) is 4.04. The van der Waals surface area contributed by atoms with Gasteiger partial charge in [0.1, 0.15) is 0 Å². The average molecular weight is 273 g/mol. The van der Waals surface area contributed by atoms with Crippen LogP contribution in [0.4, 0.5) is 0 Å². The molecule has 0 heterocycles. The summed E-state index contributed by atoms with van der Waals surface area (Å²) in [5, 5.41) is 0. The molecule has 0 bridgehead atoms. The van der Waals surface area contributed by atoms with Gasteiger partial charge in [-0.05, 0) is 39.3 Å². The number of benzene rings is 1. The second-order valence-corrected chi connectivity index (χ2v) is 4.51. The molecule has 0 fully saturated rings. The lowest BCUT2D eigenvalue weighted by atomic mass is 10.1. The first-order valence-corrected chi connectivity index (χ1v) is 7.11. The Morgan fingerprint density at radius 3 is 2.30 bits per heavy atom. The molecule has 0 aliphatic heterocycles. The highest BCUT2D eigenvalue weighted by Gasteiger charge is 2.08. The van der Waals surface area contributed by atoms with Crippen molar-refractivity contribution in [2.24, 2.45) is 0 Å². The minimum atomic E-state index is 0.0986. The van der Waals surface area contributed by atoms with Crippen LogP contribution in [0.2, 0.25) is 0 Å². The molecule has 110 valence electrons. The van der Waals surface area contributed by atoms with Gasteiger partial charge in [-0.2, -0.15) is 0 Å². The van der Waals surface area contributed by atoms with Crippen molar-refractivity contribution in [3.05, 3.63) is 59.4 Å². The minimum Gasteiger partial charge on any atom is -0.346 e. The van der Waals surface area contributed by atoms with Crippen LogP contribution in [0, 0.1) is 0 Å². The van der Waals surface area contributed by atoms with Crippen LogP contribution in [0.15, 0.2) is 48.3 Å². The smallest absolute Gasteiger partial charge is 0.159 e. The van der Waals surface area contributed by atoms with Crippen LogP contribution in [0.1, 0.15) is 57.5 Å². The molecular weight excluding hydrogens is 246 g/mol. The predicted molar refractivity (Wildman–Crippen MR) is 87.6 cm³/mol. The number of carbonyl (C=O) groups is 1. The maximum Gasteiger partial charge on any atom is 0.159 e. The number of carbonyl (C=O) groups excluding carboxylic acids is 1. The van der Waals surface area contributed by atoms with E-state index in [1.807, 2.05) is 52.0 Å². The summed E-state index contributed by atoms with van der Waals surface area (Å²) in [7, 11) is 0. The van der Waals surface area contributed by atoms with Gasteiger partial charge in [0.15, 0.2) is 5.78 Å². The Morgan fingerprint density at radius 1 is 1.25 bits per heavy atom. The number of Topliss-reactive ketones (excluding diaryl/α,β-unsaturated/α-hetero) is 1. The van der Waals surface area contributed by atoms with E-state index in [2.05, 4.69) is 24.5 Å². The fraction of sp³-hybridized carbons (Fsp3) is 0.389. The van der Waals surface area contributed by atoms with Gasteiger partial charge < -0.3 is 4.90 Å². The van der Waals surface area contributed by atoms with Crippen molar-refractivity contribution in [2.75, 3.05) is 0 Å². The lowest BCUT2D eigenvalue weighted by molar-refractivity contribution is 0.101. The topological polar surface area (TPSA) is 20.3 Å². The van der Waals surface area contributed by atoms with Crippen molar-refractivity contribution < 1.29 is 4.79 Å². The van der Waals surface area contributed by atoms with Gasteiger partial charge in [-0.15, -0.1) is 0 Å². The molecule has 0 saturated heterocycles. The Balaban J connectivity index is 0.00000172. The molecule has 2 heteroatoms. The van der Waals surface area contributed by atoms with Gasteiger partial charge in [-0.3, -0.25) is 4.79 Å². The van der Waals surface area contributed by atoms with Gasteiger partial charge in [0.25, 0.3) is 0 Å². The summed E-state index contributed by atoms with van der Waals surface area (Å²) in [6.07, 6.45) is 2.06. The molecule has 0 atom stereocenters. The third kappa shape index (κ3) is 5.43. The van der Waals surface area contributed by atoms with Gasteiger partial charge in [-0.25, -0.2) is 0 Å². The molecule has 0 saturated carbocycles. The van der Waals surface area contributed by atoms with Crippen LogP contribution in [-0.2, 0) is 6.54 Å². The second kappa shape index (κ2) is 9.13.